The van der Waals surface area contributed by atoms with Crippen LogP contribution in [-0.2, 0) is 5.41 Å². The van der Waals surface area contributed by atoms with E-state index < -0.39 is 0 Å². The van der Waals surface area contributed by atoms with Crippen molar-refractivity contribution in [2.24, 2.45) is 0 Å². The van der Waals surface area contributed by atoms with Crippen molar-refractivity contribution in [3.8, 4) is 28.5 Å². The molecule has 0 aliphatic heterocycles. The molecule has 3 aromatic heterocycles. The molecule has 0 saturated heterocycles. The predicted molar refractivity (Wildman–Crippen MR) is 167 cm³/mol. The fourth-order valence-electron chi connectivity index (χ4n) is 6.97. The maximum Gasteiger partial charge on any atom is 0.162 e. The Bertz CT molecular complexity index is 2340. The number of para-hydroxylation sites is 2. The topological polar surface area (TPSA) is 43.9 Å². The van der Waals surface area contributed by atoms with Crippen molar-refractivity contribution in [2.45, 2.75) is 19.3 Å². The lowest BCUT2D eigenvalue weighted by Crippen LogP contribution is -2.19. The highest BCUT2D eigenvalue weighted by molar-refractivity contribution is 6.27. The van der Waals surface area contributed by atoms with E-state index in [1.165, 1.54) is 21.9 Å². The van der Waals surface area contributed by atoms with Crippen molar-refractivity contribution in [3.63, 3.8) is 0 Å². The Balaban J connectivity index is 1.48. The van der Waals surface area contributed by atoms with Gasteiger partial charge in [0.1, 0.15) is 17.0 Å². The molecule has 1 aliphatic carbocycles. The van der Waals surface area contributed by atoms with Gasteiger partial charge < -0.3 is 4.42 Å². The summed E-state index contributed by atoms with van der Waals surface area (Å²) in [6.45, 7) is 4.59. The Kier molecular flexibility index (Phi) is 4.36. The van der Waals surface area contributed by atoms with Crippen LogP contribution in [0, 0.1) is 0 Å². The second kappa shape index (κ2) is 7.92. The zero-order valence-electron chi connectivity index (χ0n) is 22.7. The number of rotatable bonds is 2. The van der Waals surface area contributed by atoms with Gasteiger partial charge in [0.15, 0.2) is 5.82 Å². The second-order valence-corrected chi connectivity index (χ2v) is 11.4. The van der Waals surface area contributed by atoms with Gasteiger partial charge in [-0.25, -0.2) is 9.97 Å². The average molecular weight is 528 g/mol. The molecule has 0 N–H and O–H groups in total. The molecule has 0 fully saturated rings. The number of furan rings is 1. The molecule has 0 unspecified atom stereocenters. The van der Waals surface area contributed by atoms with Crippen LogP contribution >= 0.6 is 0 Å². The van der Waals surface area contributed by atoms with Crippen molar-refractivity contribution in [2.75, 3.05) is 0 Å². The van der Waals surface area contributed by atoms with Gasteiger partial charge in [-0.2, -0.15) is 0 Å². The molecule has 0 spiro atoms. The van der Waals surface area contributed by atoms with Crippen LogP contribution in [0.2, 0.25) is 0 Å². The van der Waals surface area contributed by atoms with E-state index in [0.29, 0.717) is 0 Å². The largest absolute Gasteiger partial charge is 0.456 e. The molecule has 0 amide bonds. The minimum Gasteiger partial charge on any atom is -0.456 e. The van der Waals surface area contributed by atoms with Crippen LogP contribution in [0.4, 0.5) is 0 Å². The van der Waals surface area contributed by atoms with Crippen LogP contribution in [0.15, 0.2) is 120 Å². The lowest BCUT2D eigenvalue weighted by atomic mass is 9.82. The lowest BCUT2D eigenvalue weighted by Gasteiger charge is -2.24. The molecule has 3 heterocycles. The summed E-state index contributed by atoms with van der Waals surface area (Å²) in [5.74, 6) is 1.65. The third-order valence-electron chi connectivity index (χ3n) is 8.79. The smallest absolute Gasteiger partial charge is 0.162 e. The minimum atomic E-state index is -0.277. The molecule has 8 aromatic rings. The first-order chi connectivity index (χ1) is 20.1. The zero-order valence-corrected chi connectivity index (χ0v) is 22.7. The van der Waals surface area contributed by atoms with E-state index in [1.54, 1.807) is 0 Å². The first-order valence-electron chi connectivity index (χ1n) is 14.0. The summed E-state index contributed by atoms with van der Waals surface area (Å²) >= 11 is 0. The molecule has 4 heteroatoms. The van der Waals surface area contributed by atoms with Gasteiger partial charge in [0.25, 0.3) is 0 Å². The highest BCUT2D eigenvalue weighted by atomic mass is 16.3. The maximum absolute atomic E-state index is 6.32. The van der Waals surface area contributed by atoms with Gasteiger partial charge in [-0.1, -0.05) is 105 Å². The summed E-state index contributed by atoms with van der Waals surface area (Å²) in [7, 11) is 0. The number of nitrogens with zero attached hydrogens (tertiary/aromatic N) is 3. The Hall–Kier alpha value is -5.22. The summed E-state index contributed by atoms with van der Waals surface area (Å²) in [6.07, 6.45) is 0. The fraction of sp³-hybridized carbons (Fsp3) is 0.0811. The van der Waals surface area contributed by atoms with E-state index in [1.807, 2.05) is 30.3 Å². The van der Waals surface area contributed by atoms with Crippen LogP contribution in [0.1, 0.15) is 25.0 Å². The summed E-state index contributed by atoms with van der Waals surface area (Å²) in [5, 5.41) is 4.64. The first kappa shape index (κ1) is 22.6. The van der Waals surface area contributed by atoms with Crippen LogP contribution < -0.4 is 0 Å². The first-order valence-corrected chi connectivity index (χ1v) is 14.0. The average Bonchev–Trinajstić information content (AvgIpc) is 3.63. The second-order valence-electron chi connectivity index (χ2n) is 11.4. The molecule has 5 aromatic carbocycles. The van der Waals surface area contributed by atoms with Crippen molar-refractivity contribution in [1.29, 1.82) is 0 Å². The van der Waals surface area contributed by atoms with Crippen molar-refractivity contribution in [3.05, 3.63) is 126 Å². The Morgan fingerprint density at radius 3 is 2.22 bits per heavy atom. The monoisotopic (exact) mass is 527 g/mol. The van der Waals surface area contributed by atoms with Gasteiger partial charge >= 0.3 is 0 Å². The van der Waals surface area contributed by atoms with Crippen LogP contribution in [-0.4, -0.2) is 14.5 Å². The minimum absolute atomic E-state index is 0.277. The highest BCUT2D eigenvalue weighted by Gasteiger charge is 2.40. The molecule has 0 radical (unpaired) electrons. The Morgan fingerprint density at radius 2 is 1.34 bits per heavy atom. The van der Waals surface area contributed by atoms with E-state index in [2.05, 4.69) is 103 Å². The summed E-state index contributed by atoms with van der Waals surface area (Å²) in [5.41, 5.74) is 9.36. The molecule has 0 saturated carbocycles. The van der Waals surface area contributed by atoms with E-state index in [-0.39, 0.29) is 5.41 Å². The Morgan fingerprint density at radius 1 is 0.610 bits per heavy atom. The van der Waals surface area contributed by atoms with Crippen molar-refractivity contribution >= 4 is 43.7 Å². The standard InChI is InChI=1S/C37H25N3O/c1-37(2)26-17-9-6-14-23(26)34-33(37)36(39-35(38-34)22-12-4-3-5-13-22)40-27-18-10-7-15-24(27)31-28(40)20-21-30-32(31)25-16-8-11-19-29(25)41-30/h3-21H,1-2H3. The summed E-state index contributed by atoms with van der Waals surface area (Å²) < 4.78 is 8.67. The fourth-order valence-corrected chi connectivity index (χ4v) is 6.97. The van der Waals surface area contributed by atoms with Crippen LogP contribution in [0.3, 0.4) is 0 Å². The number of benzene rings is 5. The van der Waals surface area contributed by atoms with Crippen LogP contribution in [0.5, 0.6) is 0 Å². The third kappa shape index (κ3) is 2.94. The molecular weight excluding hydrogens is 502 g/mol. The molecular formula is C37H25N3O. The number of aromatic nitrogens is 3. The molecule has 1 aliphatic rings. The number of fused-ring (bicyclic) bond motifs is 10. The van der Waals surface area contributed by atoms with Gasteiger partial charge in [-0.15, -0.1) is 0 Å². The predicted octanol–water partition coefficient (Wildman–Crippen LogP) is 9.45. The maximum atomic E-state index is 6.32. The van der Waals surface area contributed by atoms with Gasteiger partial charge in [0.05, 0.1) is 16.7 Å². The van der Waals surface area contributed by atoms with E-state index in [9.17, 15) is 0 Å². The third-order valence-corrected chi connectivity index (χ3v) is 8.79. The van der Waals surface area contributed by atoms with E-state index in [4.69, 9.17) is 14.4 Å². The molecule has 194 valence electrons. The van der Waals surface area contributed by atoms with Gasteiger partial charge in [-0.3, -0.25) is 4.57 Å². The normalized spacial score (nSPS) is 13.8. The molecule has 0 bridgehead atoms. The van der Waals surface area contributed by atoms with Gasteiger partial charge in [0.2, 0.25) is 0 Å². The Labute approximate surface area is 236 Å². The SMILES string of the molecule is CC1(C)c2ccccc2-c2nc(-c3ccccc3)nc(-n3c4ccccc4c4c5c(ccc43)oc3ccccc35)c21. The zero-order chi connectivity index (χ0) is 27.3. The molecule has 9 rings (SSSR count). The number of hydrogen-bond acceptors (Lipinski definition) is 3. The number of hydrogen-bond donors (Lipinski definition) is 0. The summed E-state index contributed by atoms with van der Waals surface area (Å²) in [4.78, 5) is 10.6. The van der Waals surface area contributed by atoms with Gasteiger partial charge in [-0.05, 0) is 29.8 Å². The lowest BCUT2D eigenvalue weighted by molar-refractivity contribution is 0.650. The quantitative estimate of drug-likeness (QED) is 0.225. The molecule has 4 nitrogen and oxygen atoms in total. The van der Waals surface area contributed by atoms with Crippen molar-refractivity contribution < 1.29 is 4.42 Å². The molecule has 0 atom stereocenters. The summed E-state index contributed by atoms with van der Waals surface area (Å²) in [6, 6.07) is 40.2. The van der Waals surface area contributed by atoms with Crippen LogP contribution in [0.25, 0.3) is 72.2 Å². The molecule has 41 heavy (non-hydrogen) atoms. The van der Waals surface area contributed by atoms with Gasteiger partial charge in [0, 0.05) is 43.7 Å². The van der Waals surface area contributed by atoms with E-state index >= 15 is 0 Å². The highest BCUT2D eigenvalue weighted by Crippen LogP contribution is 2.51. The van der Waals surface area contributed by atoms with Crippen molar-refractivity contribution in [1.82, 2.24) is 14.5 Å². The van der Waals surface area contributed by atoms with E-state index in [0.717, 1.165) is 61.4 Å².